The predicted molar refractivity (Wildman–Crippen MR) is 60.0 cm³/mol. The zero-order chi connectivity index (χ0) is 12.1. The Balaban J connectivity index is 4.18. The zero-order valence-electron chi connectivity index (χ0n) is 10.4. The van der Waals surface area contributed by atoms with Gasteiger partial charge in [-0.1, -0.05) is 6.92 Å². The molecule has 0 spiro atoms. The van der Waals surface area contributed by atoms with Gasteiger partial charge in [-0.2, -0.15) is 0 Å². The Hall–Kier alpha value is -0.610. The molecule has 0 bridgehead atoms. The maximum absolute atomic E-state index is 11.0. The van der Waals surface area contributed by atoms with E-state index in [2.05, 4.69) is 0 Å². The number of hydrogen-bond acceptors (Lipinski definition) is 3. The zero-order valence-corrected chi connectivity index (χ0v) is 10.4. The van der Waals surface area contributed by atoms with Gasteiger partial charge in [0.05, 0.1) is 12.7 Å². The third-order valence-corrected chi connectivity index (χ3v) is 2.51. The van der Waals surface area contributed by atoms with Gasteiger partial charge in [-0.3, -0.25) is 9.69 Å². The Morgan fingerprint density at radius 1 is 1.47 bits per heavy atom. The third kappa shape index (κ3) is 4.62. The van der Waals surface area contributed by atoms with E-state index in [4.69, 9.17) is 9.84 Å². The van der Waals surface area contributed by atoms with Gasteiger partial charge in [0.15, 0.2) is 0 Å². The van der Waals surface area contributed by atoms with Gasteiger partial charge in [0.25, 0.3) is 0 Å². The molecule has 0 aliphatic heterocycles. The highest BCUT2D eigenvalue weighted by Crippen LogP contribution is 2.13. The van der Waals surface area contributed by atoms with Crippen LogP contribution in [-0.2, 0) is 9.53 Å². The molecule has 0 aromatic carbocycles. The normalized spacial score (nSPS) is 12.5. The molecule has 0 unspecified atom stereocenters. The van der Waals surface area contributed by atoms with Crippen LogP contribution in [0, 0.1) is 0 Å². The van der Waals surface area contributed by atoms with Crippen molar-refractivity contribution >= 4 is 5.97 Å². The molecular weight excluding hydrogens is 194 g/mol. The summed E-state index contributed by atoms with van der Waals surface area (Å²) in [6, 6.07) is 0. The number of ether oxygens (including phenoxy) is 1. The first-order valence-electron chi connectivity index (χ1n) is 5.42. The highest BCUT2D eigenvalue weighted by molar-refractivity contribution is 5.77. The molecule has 0 aromatic heterocycles. The fourth-order valence-electron chi connectivity index (χ4n) is 1.37. The maximum atomic E-state index is 11.0. The van der Waals surface area contributed by atoms with Crippen LogP contribution in [0.3, 0.4) is 0 Å². The minimum Gasteiger partial charge on any atom is -0.480 e. The molecular formula is C11H23NO3. The summed E-state index contributed by atoms with van der Waals surface area (Å²) in [7, 11) is 0. The SMILES string of the molecule is CCN(CCOC(C)C)C(C)(C)C(=O)O. The smallest absolute Gasteiger partial charge is 0.323 e. The molecule has 0 radical (unpaired) electrons. The van der Waals surface area contributed by atoms with E-state index in [0.29, 0.717) is 19.7 Å². The van der Waals surface area contributed by atoms with E-state index < -0.39 is 11.5 Å². The van der Waals surface area contributed by atoms with Gasteiger partial charge in [-0.15, -0.1) is 0 Å². The van der Waals surface area contributed by atoms with Gasteiger partial charge in [0, 0.05) is 6.54 Å². The molecule has 0 saturated carbocycles. The summed E-state index contributed by atoms with van der Waals surface area (Å²) in [5.41, 5.74) is -0.824. The quantitative estimate of drug-likeness (QED) is 0.703. The van der Waals surface area contributed by atoms with Crippen molar-refractivity contribution in [1.82, 2.24) is 4.90 Å². The number of carboxylic acids is 1. The fraction of sp³-hybridized carbons (Fsp3) is 0.909. The maximum Gasteiger partial charge on any atom is 0.323 e. The van der Waals surface area contributed by atoms with E-state index >= 15 is 0 Å². The standard InChI is InChI=1S/C11H23NO3/c1-6-12(7-8-15-9(2)3)11(4,5)10(13)14/h9H,6-8H2,1-5H3,(H,13,14). The number of carboxylic acid groups (broad SMARTS) is 1. The van der Waals surface area contributed by atoms with E-state index in [0.717, 1.165) is 0 Å². The molecule has 1 N–H and O–H groups in total. The highest BCUT2D eigenvalue weighted by atomic mass is 16.5. The Bertz CT molecular complexity index is 202. The van der Waals surface area contributed by atoms with Crippen molar-refractivity contribution in [3.63, 3.8) is 0 Å². The monoisotopic (exact) mass is 217 g/mol. The summed E-state index contributed by atoms with van der Waals surface area (Å²) in [5.74, 6) is -0.797. The van der Waals surface area contributed by atoms with Crippen molar-refractivity contribution in [2.45, 2.75) is 46.3 Å². The van der Waals surface area contributed by atoms with Crippen LogP contribution >= 0.6 is 0 Å². The number of likely N-dealkylation sites (N-methyl/N-ethyl adjacent to an activating group) is 1. The number of aliphatic carboxylic acids is 1. The van der Waals surface area contributed by atoms with E-state index in [1.165, 1.54) is 0 Å². The summed E-state index contributed by atoms with van der Waals surface area (Å²) in [5, 5.41) is 9.07. The lowest BCUT2D eigenvalue weighted by Crippen LogP contribution is -2.51. The first kappa shape index (κ1) is 14.4. The number of hydrogen-bond donors (Lipinski definition) is 1. The first-order valence-corrected chi connectivity index (χ1v) is 5.42. The van der Waals surface area contributed by atoms with Crippen LogP contribution in [0.15, 0.2) is 0 Å². The number of carbonyl (C=O) groups is 1. The lowest BCUT2D eigenvalue weighted by atomic mass is 10.0. The Morgan fingerprint density at radius 3 is 2.33 bits per heavy atom. The van der Waals surface area contributed by atoms with Crippen molar-refractivity contribution in [1.29, 1.82) is 0 Å². The Kier molecular flexibility index (Phi) is 5.83. The molecule has 0 fully saturated rings. The van der Waals surface area contributed by atoms with Crippen LogP contribution in [0.2, 0.25) is 0 Å². The van der Waals surface area contributed by atoms with Crippen LogP contribution in [0.1, 0.15) is 34.6 Å². The van der Waals surface area contributed by atoms with E-state index in [9.17, 15) is 4.79 Å². The lowest BCUT2D eigenvalue weighted by Gasteiger charge is -2.34. The van der Waals surface area contributed by atoms with Crippen molar-refractivity contribution in [2.24, 2.45) is 0 Å². The van der Waals surface area contributed by atoms with E-state index in [-0.39, 0.29) is 6.10 Å². The summed E-state index contributed by atoms with van der Waals surface area (Å²) >= 11 is 0. The average molecular weight is 217 g/mol. The van der Waals surface area contributed by atoms with Gasteiger partial charge >= 0.3 is 5.97 Å². The minimum absolute atomic E-state index is 0.191. The molecule has 0 amide bonds. The van der Waals surface area contributed by atoms with Crippen molar-refractivity contribution in [3.05, 3.63) is 0 Å². The van der Waals surface area contributed by atoms with Crippen molar-refractivity contribution in [2.75, 3.05) is 19.7 Å². The van der Waals surface area contributed by atoms with Crippen molar-refractivity contribution in [3.8, 4) is 0 Å². The number of rotatable bonds is 7. The van der Waals surface area contributed by atoms with Crippen molar-refractivity contribution < 1.29 is 14.6 Å². The van der Waals surface area contributed by atoms with Crippen LogP contribution in [0.5, 0.6) is 0 Å². The summed E-state index contributed by atoms with van der Waals surface area (Å²) in [4.78, 5) is 12.9. The second-order valence-corrected chi connectivity index (χ2v) is 4.36. The van der Waals surface area contributed by atoms with Gasteiger partial charge in [-0.05, 0) is 34.2 Å². The molecule has 4 heteroatoms. The summed E-state index contributed by atoms with van der Waals surface area (Å²) < 4.78 is 5.41. The first-order chi connectivity index (χ1) is 6.82. The Morgan fingerprint density at radius 2 is 2.00 bits per heavy atom. The molecule has 0 atom stereocenters. The molecule has 0 saturated heterocycles. The van der Waals surface area contributed by atoms with Crippen LogP contribution in [0.25, 0.3) is 0 Å². The van der Waals surface area contributed by atoms with E-state index in [1.807, 2.05) is 25.7 Å². The van der Waals surface area contributed by atoms with Crippen LogP contribution < -0.4 is 0 Å². The van der Waals surface area contributed by atoms with Gasteiger partial charge in [-0.25, -0.2) is 0 Å². The molecule has 4 nitrogen and oxygen atoms in total. The van der Waals surface area contributed by atoms with Crippen LogP contribution in [-0.4, -0.2) is 47.3 Å². The topological polar surface area (TPSA) is 49.8 Å². The predicted octanol–water partition coefficient (Wildman–Crippen LogP) is 1.60. The second kappa shape index (κ2) is 6.08. The molecule has 15 heavy (non-hydrogen) atoms. The molecule has 0 heterocycles. The molecule has 0 rings (SSSR count). The highest BCUT2D eigenvalue weighted by Gasteiger charge is 2.33. The third-order valence-electron chi connectivity index (χ3n) is 2.51. The molecule has 90 valence electrons. The van der Waals surface area contributed by atoms with Gasteiger partial charge in [0.2, 0.25) is 0 Å². The van der Waals surface area contributed by atoms with Gasteiger partial charge < -0.3 is 9.84 Å². The lowest BCUT2D eigenvalue weighted by molar-refractivity contribution is -0.149. The average Bonchev–Trinajstić information content (AvgIpc) is 2.11. The number of nitrogens with zero attached hydrogens (tertiary/aromatic N) is 1. The molecule has 0 aliphatic rings. The fourth-order valence-corrected chi connectivity index (χ4v) is 1.37. The van der Waals surface area contributed by atoms with Gasteiger partial charge in [0.1, 0.15) is 5.54 Å². The second-order valence-electron chi connectivity index (χ2n) is 4.36. The molecule has 0 aromatic rings. The summed E-state index contributed by atoms with van der Waals surface area (Å²) in [6.45, 7) is 11.3. The van der Waals surface area contributed by atoms with Crippen LogP contribution in [0.4, 0.5) is 0 Å². The molecule has 0 aliphatic carbocycles. The Labute approximate surface area is 92.2 Å². The largest absolute Gasteiger partial charge is 0.480 e. The summed E-state index contributed by atoms with van der Waals surface area (Å²) in [6.07, 6.45) is 0.191. The van der Waals surface area contributed by atoms with E-state index in [1.54, 1.807) is 13.8 Å². The minimum atomic E-state index is -0.824.